The van der Waals surface area contributed by atoms with Crippen molar-refractivity contribution >= 4 is 5.97 Å². The molecule has 3 heteroatoms. The van der Waals surface area contributed by atoms with Gasteiger partial charge in [-0.1, -0.05) is 25.7 Å². The fourth-order valence-electron chi connectivity index (χ4n) is 3.72. The van der Waals surface area contributed by atoms with Crippen molar-refractivity contribution in [1.82, 2.24) is 0 Å². The molecule has 0 aromatic rings. The van der Waals surface area contributed by atoms with Crippen molar-refractivity contribution in [1.29, 1.82) is 0 Å². The average Bonchev–Trinajstić information content (AvgIpc) is 2.55. The van der Waals surface area contributed by atoms with Crippen LogP contribution in [0.3, 0.4) is 0 Å². The van der Waals surface area contributed by atoms with Gasteiger partial charge in [-0.15, -0.1) is 0 Å². The summed E-state index contributed by atoms with van der Waals surface area (Å²) in [6, 6.07) is 0. The van der Waals surface area contributed by atoms with Gasteiger partial charge in [0, 0.05) is 0 Å². The highest BCUT2D eigenvalue weighted by Crippen LogP contribution is 2.52. The molecule has 0 amide bonds. The van der Waals surface area contributed by atoms with E-state index in [1.807, 2.05) is 0 Å². The molecule has 2 aliphatic carbocycles. The number of rotatable bonds is 3. The molecule has 2 aliphatic rings. The zero-order valence-electron chi connectivity index (χ0n) is 9.24. The van der Waals surface area contributed by atoms with Gasteiger partial charge in [-0.05, 0) is 36.6 Å². The summed E-state index contributed by atoms with van der Waals surface area (Å²) in [5.74, 6) is 0.849. The molecular formula is C12H21NO2. The lowest BCUT2D eigenvalue weighted by molar-refractivity contribution is -0.139. The lowest BCUT2D eigenvalue weighted by Crippen LogP contribution is -2.30. The average molecular weight is 211 g/mol. The van der Waals surface area contributed by atoms with Crippen LogP contribution >= 0.6 is 0 Å². The van der Waals surface area contributed by atoms with Gasteiger partial charge < -0.3 is 10.8 Å². The molecule has 0 radical (unpaired) electrons. The molecule has 0 aromatic heterocycles. The molecule has 3 atom stereocenters. The topological polar surface area (TPSA) is 63.3 Å². The van der Waals surface area contributed by atoms with Gasteiger partial charge >= 0.3 is 5.97 Å². The van der Waals surface area contributed by atoms with Crippen LogP contribution in [0.5, 0.6) is 0 Å². The van der Waals surface area contributed by atoms with Crippen LogP contribution in [0.1, 0.15) is 44.9 Å². The third-order valence-corrected chi connectivity index (χ3v) is 4.42. The van der Waals surface area contributed by atoms with Crippen LogP contribution in [-0.2, 0) is 4.79 Å². The third-order valence-electron chi connectivity index (χ3n) is 4.42. The molecule has 3 N–H and O–H groups in total. The van der Waals surface area contributed by atoms with E-state index in [9.17, 15) is 4.79 Å². The Bertz CT molecular complexity index is 238. The van der Waals surface area contributed by atoms with E-state index in [1.54, 1.807) is 0 Å². The van der Waals surface area contributed by atoms with Gasteiger partial charge in [-0.2, -0.15) is 0 Å². The minimum absolute atomic E-state index is 0.0779. The molecule has 2 fully saturated rings. The van der Waals surface area contributed by atoms with Crippen molar-refractivity contribution in [2.24, 2.45) is 23.0 Å². The number of hydrogen-bond acceptors (Lipinski definition) is 2. The molecule has 3 nitrogen and oxygen atoms in total. The molecule has 2 saturated carbocycles. The standard InChI is InChI=1S/C12H21NO2/c13-8-12(7-11(14)15)5-9-3-1-2-4-10(9)6-12/h9-10H,1-8,13H2,(H,14,15)/t9-,10+,12?. The molecule has 0 heterocycles. The molecule has 1 unspecified atom stereocenters. The molecule has 0 spiro atoms. The maximum absolute atomic E-state index is 10.9. The van der Waals surface area contributed by atoms with Crippen LogP contribution in [0.15, 0.2) is 0 Å². The van der Waals surface area contributed by atoms with Gasteiger partial charge in [-0.3, -0.25) is 4.79 Å². The quantitative estimate of drug-likeness (QED) is 0.750. The van der Waals surface area contributed by atoms with Crippen molar-refractivity contribution < 1.29 is 9.90 Å². The summed E-state index contributed by atoms with van der Waals surface area (Å²) < 4.78 is 0. The fraction of sp³-hybridized carbons (Fsp3) is 0.917. The van der Waals surface area contributed by atoms with Crippen molar-refractivity contribution in [3.8, 4) is 0 Å². The van der Waals surface area contributed by atoms with E-state index in [1.165, 1.54) is 25.7 Å². The smallest absolute Gasteiger partial charge is 0.303 e. The number of aliphatic carboxylic acids is 1. The molecular weight excluding hydrogens is 190 g/mol. The first-order valence-electron chi connectivity index (χ1n) is 6.07. The van der Waals surface area contributed by atoms with Gasteiger partial charge in [0.25, 0.3) is 0 Å². The SMILES string of the molecule is NCC1(CC(=O)O)C[C@H]2CCCC[C@H]2C1. The summed E-state index contributed by atoms with van der Waals surface area (Å²) in [6.07, 6.45) is 7.64. The Kier molecular flexibility index (Phi) is 3.01. The summed E-state index contributed by atoms with van der Waals surface area (Å²) in [6.45, 7) is 0.548. The van der Waals surface area contributed by atoms with Crippen LogP contribution in [0.4, 0.5) is 0 Å². The molecule has 0 saturated heterocycles. The Labute approximate surface area is 91.0 Å². The minimum Gasteiger partial charge on any atom is -0.481 e. The minimum atomic E-state index is -0.681. The van der Waals surface area contributed by atoms with E-state index in [0.29, 0.717) is 6.54 Å². The van der Waals surface area contributed by atoms with E-state index >= 15 is 0 Å². The maximum atomic E-state index is 10.9. The van der Waals surface area contributed by atoms with E-state index < -0.39 is 5.97 Å². The Hall–Kier alpha value is -0.570. The van der Waals surface area contributed by atoms with Gasteiger partial charge in [0.05, 0.1) is 6.42 Å². The van der Waals surface area contributed by atoms with Gasteiger partial charge in [0.15, 0.2) is 0 Å². The highest BCUT2D eigenvalue weighted by Gasteiger charge is 2.45. The predicted octanol–water partition coefficient (Wildman–Crippen LogP) is 2.01. The Morgan fingerprint density at radius 3 is 2.20 bits per heavy atom. The lowest BCUT2D eigenvalue weighted by Gasteiger charge is -2.25. The summed E-state index contributed by atoms with van der Waals surface area (Å²) in [5.41, 5.74) is 5.73. The number of fused-ring (bicyclic) bond motifs is 1. The van der Waals surface area contributed by atoms with E-state index in [2.05, 4.69) is 0 Å². The number of carboxylic acid groups (broad SMARTS) is 1. The van der Waals surface area contributed by atoms with Gasteiger partial charge in [0.2, 0.25) is 0 Å². The molecule has 0 aromatic carbocycles. The number of carboxylic acids is 1. The number of carbonyl (C=O) groups is 1. The van der Waals surface area contributed by atoms with Gasteiger partial charge in [-0.25, -0.2) is 0 Å². The summed E-state index contributed by atoms with van der Waals surface area (Å²) in [4.78, 5) is 10.9. The molecule has 15 heavy (non-hydrogen) atoms. The molecule has 0 bridgehead atoms. The van der Waals surface area contributed by atoms with Crippen molar-refractivity contribution in [2.45, 2.75) is 44.9 Å². The van der Waals surface area contributed by atoms with Crippen LogP contribution in [0.25, 0.3) is 0 Å². The first kappa shape index (κ1) is 10.9. The zero-order chi connectivity index (χ0) is 10.9. The largest absolute Gasteiger partial charge is 0.481 e. The summed E-state index contributed by atoms with van der Waals surface area (Å²) >= 11 is 0. The second-order valence-electron chi connectivity index (χ2n) is 5.49. The van der Waals surface area contributed by atoms with E-state index in [4.69, 9.17) is 10.8 Å². The Morgan fingerprint density at radius 1 is 1.27 bits per heavy atom. The zero-order valence-corrected chi connectivity index (χ0v) is 9.24. The highest BCUT2D eigenvalue weighted by atomic mass is 16.4. The first-order chi connectivity index (χ1) is 7.15. The van der Waals surface area contributed by atoms with Crippen LogP contribution < -0.4 is 5.73 Å². The number of hydrogen-bond donors (Lipinski definition) is 2. The molecule has 86 valence electrons. The molecule has 0 aliphatic heterocycles. The van der Waals surface area contributed by atoms with Crippen LogP contribution in [-0.4, -0.2) is 17.6 Å². The second kappa shape index (κ2) is 4.12. The third kappa shape index (κ3) is 2.17. The number of nitrogens with two attached hydrogens (primary N) is 1. The van der Waals surface area contributed by atoms with E-state index in [0.717, 1.165) is 24.7 Å². The summed E-state index contributed by atoms with van der Waals surface area (Å²) in [5, 5.41) is 8.95. The van der Waals surface area contributed by atoms with Crippen molar-refractivity contribution in [2.75, 3.05) is 6.54 Å². The summed E-state index contributed by atoms with van der Waals surface area (Å²) in [7, 11) is 0. The fourth-order valence-corrected chi connectivity index (χ4v) is 3.72. The van der Waals surface area contributed by atoms with Gasteiger partial charge in [0.1, 0.15) is 0 Å². The van der Waals surface area contributed by atoms with Crippen LogP contribution in [0.2, 0.25) is 0 Å². The molecule has 2 rings (SSSR count). The maximum Gasteiger partial charge on any atom is 0.303 e. The normalized spacial score (nSPS) is 40.1. The monoisotopic (exact) mass is 211 g/mol. The Balaban J connectivity index is 2.05. The predicted molar refractivity (Wildman–Crippen MR) is 58.4 cm³/mol. The van der Waals surface area contributed by atoms with Crippen molar-refractivity contribution in [3.63, 3.8) is 0 Å². The second-order valence-corrected chi connectivity index (χ2v) is 5.49. The van der Waals surface area contributed by atoms with Crippen molar-refractivity contribution in [3.05, 3.63) is 0 Å². The van der Waals surface area contributed by atoms with Crippen LogP contribution in [0, 0.1) is 17.3 Å². The highest BCUT2D eigenvalue weighted by molar-refractivity contribution is 5.67. The first-order valence-corrected chi connectivity index (χ1v) is 6.07. The lowest BCUT2D eigenvalue weighted by atomic mass is 9.81. The Morgan fingerprint density at radius 2 is 1.80 bits per heavy atom. The van der Waals surface area contributed by atoms with E-state index in [-0.39, 0.29) is 11.8 Å².